The second-order valence-corrected chi connectivity index (χ2v) is 3.42. The van der Waals surface area contributed by atoms with E-state index >= 15 is 0 Å². The fourth-order valence-electron chi connectivity index (χ4n) is 0.515. The van der Waals surface area contributed by atoms with Crippen LogP contribution >= 0.6 is 11.8 Å². The molecule has 4 heteroatoms. The number of thioether (sulfide) groups is 1. The average Bonchev–Trinajstić information content (AvgIpc) is 1.97. The van der Waals surface area contributed by atoms with E-state index in [4.69, 9.17) is 5.11 Å². The van der Waals surface area contributed by atoms with Crippen LogP contribution in [-0.2, 0) is 9.59 Å². The normalized spacial score (nSPS) is 12.5. The molecular weight excluding hydrogens is 164 g/mol. The number of aldehydes is 1. The van der Waals surface area contributed by atoms with Crippen LogP contribution in [0.25, 0.3) is 0 Å². The van der Waals surface area contributed by atoms with Crippen molar-refractivity contribution in [3.63, 3.8) is 0 Å². The Morgan fingerprint density at radius 1 is 1.73 bits per heavy atom. The maximum atomic E-state index is 10.3. The Morgan fingerprint density at radius 3 is 2.82 bits per heavy atom. The van der Waals surface area contributed by atoms with Crippen LogP contribution in [0.1, 0.15) is 13.3 Å². The highest BCUT2D eigenvalue weighted by Gasteiger charge is 2.09. The van der Waals surface area contributed by atoms with Gasteiger partial charge in [-0.05, 0) is 12.2 Å². The molecule has 0 spiro atoms. The van der Waals surface area contributed by atoms with E-state index in [2.05, 4.69) is 0 Å². The van der Waals surface area contributed by atoms with Crippen LogP contribution in [-0.4, -0.2) is 28.9 Å². The van der Waals surface area contributed by atoms with Crippen molar-refractivity contribution >= 4 is 24.0 Å². The second-order valence-electron chi connectivity index (χ2n) is 2.27. The van der Waals surface area contributed by atoms with Gasteiger partial charge in [0.25, 0.3) is 0 Å². The zero-order chi connectivity index (χ0) is 8.69. The Bertz CT molecular complexity index is 136. The highest BCUT2D eigenvalue weighted by molar-refractivity contribution is 7.99. The summed E-state index contributed by atoms with van der Waals surface area (Å²) in [6, 6.07) is 0. The molecule has 0 amide bonds. The molecule has 0 aromatic carbocycles. The van der Waals surface area contributed by atoms with Gasteiger partial charge in [0, 0.05) is 5.75 Å². The molecule has 0 aliphatic heterocycles. The fourth-order valence-corrected chi connectivity index (χ4v) is 1.30. The maximum absolute atomic E-state index is 10.3. The van der Waals surface area contributed by atoms with Gasteiger partial charge in [0.15, 0.2) is 0 Å². The van der Waals surface area contributed by atoms with Crippen LogP contribution in [0.3, 0.4) is 0 Å². The number of rotatable bonds is 6. The van der Waals surface area contributed by atoms with Crippen LogP contribution in [0.5, 0.6) is 0 Å². The summed E-state index contributed by atoms with van der Waals surface area (Å²) in [4.78, 5) is 20.1. The lowest BCUT2D eigenvalue weighted by Crippen LogP contribution is -2.10. The summed E-state index contributed by atoms with van der Waals surface area (Å²) in [6.45, 7) is 1.67. The first-order chi connectivity index (χ1) is 5.18. The van der Waals surface area contributed by atoms with Crippen LogP contribution in [0.2, 0.25) is 0 Å². The van der Waals surface area contributed by atoms with Gasteiger partial charge in [-0.2, -0.15) is 11.8 Å². The molecule has 64 valence electrons. The molecular formula is C7H12O3S. The summed E-state index contributed by atoms with van der Waals surface area (Å²) < 4.78 is 0. The standard InChI is InChI=1S/C7H12O3S/c1-6(7(9)10)2-4-11-5-3-8/h3,6H,2,4-5H2,1H3,(H,9,10). The molecule has 11 heavy (non-hydrogen) atoms. The van der Waals surface area contributed by atoms with Crippen LogP contribution < -0.4 is 0 Å². The molecule has 0 radical (unpaired) electrons. The lowest BCUT2D eigenvalue weighted by molar-refractivity contribution is -0.141. The van der Waals surface area contributed by atoms with Gasteiger partial charge >= 0.3 is 5.97 Å². The molecule has 3 nitrogen and oxygen atoms in total. The van der Waals surface area contributed by atoms with E-state index in [1.54, 1.807) is 6.92 Å². The Balaban J connectivity index is 3.24. The number of hydrogen-bond acceptors (Lipinski definition) is 3. The summed E-state index contributed by atoms with van der Waals surface area (Å²) in [5, 5.41) is 8.46. The Labute approximate surface area is 70.2 Å². The first kappa shape index (κ1) is 10.5. The first-order valence-corrected chi connectivity index (χ1v) is 4.58. The van der Waals surface area contributed by atoms with Gasteiger partial charge in [0.2, 0.25) is 0 Å². The van der Waals surface area contributed by atoms with Crippen LogP contribution in [0.4, 0.5) is 0 Å². The van der Waals surface area contributed by atoms with E-state index in [0.29, 0.717) is 12.2 Å². The predicted octanol–water partition coefficient (Wildman–Crippen LogP) is 1.03. The van der Waals surface area contributed by atoms with Crippen molar-refractivity contribution in [1.82, 2.24) is 0 Å². The molecule has 0 rings (SSSR count). The zero-order valence-electron chi connectivity index (χ0n) is 6.45. The van der Waals surface area contributed by atoms with Crippen LogP contribution in [0, 0.1) is 5.92 Å². The molecule has 1 N–H and O–H groups in total. The number of hydrogen-bond donors (Lipinski definition) is 1. The number of carboxylic acids is 1. The second kappa shape index (κ2) is 6.22. The minimum absolute atomic E-state index is 0.297. The van der Waals surface area contributed by atoms with Gasteiger partial charge < -0.3 is 9.90 Å². The highest BCUT2D eigenvalue weighted by atomic mass is 32.2. The van der Waals surface area contributed by atoms with Crippen molar-refractivity contribution in [2.24, 2.45) is 5.92 Å². The third-order valence-electron chi connectivity index (χ3n) is 1.30. The molecule has 0 aromatic heterocycles. The first-order valence-electron chi connectivity index (χ1n) is 3.42. The highest BCUT2D eigenvalue weighted by Crippen LogP contribution is 2.08. The Hall–Kier alpha value is -0.510. The maximum Gasteiger partial charge on any atom is 0.306 e. The van der Waals surface area contributed by atoms with E-state index in [1.807, 2.05) is 0 Å². The van der Waals surface area contributed by atoms with E-state index in [-0.39, 0.29) is 5.92 Å². The smallest absolute Gasteiger partial charge is 0.306 e. The van der Waals surface area contributed by atoms with Gasteiger partial charge in [0.1, 0.15) is 6.29 Å². The van der Waals surface area contributed by atoms with Crippen molar-refractivity contribution in [2.45, 2.75) is 13.3 Å². The lowest BCUT2D eigenvalue weighted by Gasteiger charge is -2.02. The van der Waals surface area contributed by atoms with Gasteiger partial charge in [-0.25, -0.2) is 0 Å². The summed E-state index contributed by atoms with van der Waals surface area (Å²) >= 11 is 1.47. The Kier molecular flexibility index (Phi) is 5.93. The minimum Gasteiger partial charge on any atom is -0.481 e. The summed E-state index contributed by atoms with van der Waals surface area (Å²) in [7, 11) is 0. The number of aliphatic carboxylic acids is 1. The SMILES string of the molecule is CC(CCSCC=O)C(=O)O. The average molecular weight is 176 g/mol. The van der Waals surface area contributed by atoms with E-state index in [0.717, 1.165) is 12.0 Å². The van der Waals surface area contributed by atoms with Crippen molar-refractivity contribution in [1.29, 1.82) is 0 Å². The lowest BCUT2D eigenvalue weighted by atomic mass is 10.1. The van der Waals surface area contributed by atoms with Gasteiger partial charge in [0.05, 0.1) is 5.92 Å². The molecule has 1 atom stereocenters. The van der Waals surface area contributed by atoms with Crippen LogP contribution in [0.15, 0.2) is 0 Å². The largest absolute Gasteiger partial charge is 0.481 e. The minimum atomic E-state index is -0.767. The predicted molar refractivity (Wildman–Crippen MR) is 44.8 cm³/mol. The summed E-state index contributed by atoms with van der Waals surface area (Å²) in [5.41, 5.74) is 0. The van der Waals surface area contributed by atoms with Gasteiger partial charge in [-0.3, -0.25) is 4.79 Å². The van der Waals surface area contributed by atoms with Crippen molar-refractivity contribution < 1.29 is 14.7 Å². The third kappa shape index (κ3) is 5.91. The van der Waals surface area contributed by atoms with Gasteiger partial charge in [-0.1, -0.05) is 6.92 Å². The van der Waals surface area contributed by atoms with Crippen molar-refractivity contribution in [2.75, 3.05) is 11.5 Å². The third-order valence-corrected chi connectivity index (χ3v) is 2.20. The molecule has 0 bridgehead atoms. The molecule has 0 heterocycles. The topological polar surface area (TPSA) is 54.4 Å². The Morgan fingerprint density at radius 2 is 2.36 bits per heavy atom. The molecule has 0 fully saturated rings. The van der Waals surface area contributed by atoms with E-state index in [9.17, 15) is 9.59 Å². The number of carbonyl (C=O) groups excluding carboxylic acids is 1. The van der Waals surface area contributed by atoms with Crippen molar-refractivity contribution in [3.8, 4) is 0 Å². The quantitative estimate of drug-likeness (QED) is 0.485. The molecule has 0 aliphatic rings. The molecule has 0 aliphatic carbocycles. The summed E-state index contributed by atoms with van der Waals surface area (Å²) in [5.74, 6) is 0.143. The van der Waals surface area contributed by atoms with Gasteiger partial charge in [-0.15, -0.1) is 0 Å². The van der Waals surface area contributed by atoms with E-state index in [1.165, 1.54) is 11.8 Å². The molecule has 0 saturated carbocycles. The molecule has 0 aromatic rings. The van der Waals surface area contributed by atoms with Crippen molar-refractivity contribution in [3.05, 3.63) is 0 Å². The zero-order valence-corrected chi connectivity index (χ0v) is 7.26. The number of carboxylic acid groups (broad SMARTS) is 1. The molecule has 0 saturated heterocycles. The van der Waals surface area contributed by atoms with E-state index < -0.39 is 5.97 Å². The monoisotopic (exact) mass is 176 g/mol. The summed E-state index contributed by atoms with van der Waals surface area (Å²) in [6.07, 6.45) is 1.46. The number of carbonyl (C=O) groups is 2. The fraction of sp³-hybridized carbons (Fsp3) is 0.714. The molecule has 1 unspecified atom stereocenters.